The van der Waals surface area contributed by atoms with Gasteiger partial charge < -0.3 is 9.64 Å². The molecule has 1 fully saturated rings. The molecule has 0 spiro atoms. The second-order valence-electron chi connectivity index (χ2n) is 10.7. The molecule has 0 bridgehead atoms. The Morgan fingerprint density at radius 1 is 1.12 bits per heavy atom. The number of hydrogen-bond acceptors (Lipinski definition) is 3. The Kier molecular flexibility index (Phi) is 7.63. The van der Waals surface area contributed by atoms with Crippen LogP contribution in [0.2, 0.25) is 0 Å². The number of fused-ring (bicyclic) bond motifs is 3. The molecule has 0 radical (unpaired) electrons. The highest BCUT2D eigenvalue weighted by Gasteiger charge is 2.38. The van der Waals surface area contributed by atoms with E-state index in [9.17, 15) is 5.26 Å². The first-order valence-electron chi connectivity index (χ1n) is 13.0. The zero-order chi connectivity index (χ0) is 23.3. The van der Waals surface area contributed by atoms with Gasteiger partial charge in [0.05, 0.1) is 6.07 Å². The van der Waals surface area contributed by atoms with Crippen LogP contribution in [0.1, 0.15) is 101 Å². The number of anilines is 1. The summed E-state index contributed by atoms with van der Waals surface area (Å²) in [6, 6.07) is 18.2. The number of ether oxygens (including phenoxy) is 1. The Balaban J connectivity index is 1.71. The number of nitrogens with zero attached hydrogens (tertiary/aromatic N) is 2. The zero-order valence-corrected chi connectivity index (χ0v) is 20.8. The van der Waals surface area contributed by atoms with Gasteiger partial charge in [0.1, 0.15) is 12.4 Å². The second kappa shape index (κ2) is 10.6. The molecule has 2 aliphatic rings. The molecule has 176 valence electrons. The first kappa shape index (κ1) is 23.7. The first-order valence-corrected chi connectivity index (χ1v) is 13.0. The van der Waals surface area contributed by atoms with E-state index in [-0.39, 0.29) is 11.3 Å². The fourth-order valence-electron chi connectivity index (χ4n) is 5.78. The van der Waals surface area contributed by atoms with E-state index in [4.69, 9.17) is 4.74 Å². The minimum absolute atomic E-state index is 0.102. The van der Waals surface area contributed by atoms with E-state index in [1.54, 1.807) is 0 Å². The Labute approximate surface area is 200 Å². The maximum atomic E-state index is 9.60. The second-order valence-corrected chi connectivity index (χ2v) is 10.7. The van der Waals surface area contributed by atoms with Crippen LogP contribution in [0.25, 0.3) is 0 Å². The van der Waals surface area contributed by atoms with Crippen LogP contribution < -0.4 is 9.64 Å². The van der Waals surface area contributed by atoms with Gasteiger partial charge in [-0.2, -0.15) is 5.26 Å². The quantitative estimate of drug-likeness (QED) is 0.350. The predicted octanol–water partition coefficient (Wildman–Crippen LogP) is 7.88. The smallest absolute Gasteiger partial charge is 0.125 e. The van der Waals surface area contributed by atoms with Crippen LogP contribution in [-0.2, 0) is 12.0 Å². The molecule has 4 rings (SSSR count). The molecule has 2 atom stereocenters. The average Bonchev–Trinajstić information content (AvgIpc) is 3.30. The van der Waals surface area contributed by atoms with Gasteiger partial charge in [-0.15, -0.1) is 0 Å². The monoisotopic (exact) mass is 444 g/mol. The van der Waals surface area contributed by atoms with E-state index in [1.807, 2.05) is 6.07 Å². The molecule has 2 aliphatic heterocycles. The molecule has 2 aromatic rings. The van der Waals surface area contributed by atoms with E-state index in [0.717, 1.165) is 18.7 Å². The molecule has 1 saturated heterocycles. The summed E-state index contributed by atoms with van der Waals surface area (Å²) in [6.45, 7) is 8.73. The molecule has 33 heavy (non-hydrogen) atoms. The van der Waals surface area contributed by atoms with E-state index >= 15 is 0 Å². The topological polar surface area (TPSA) is 36.3 Å². The largest absolute Gasteiger partial charge is 0.489 e. The molecule has 0 amide bonds. The molecule has 0 aliphatic carbocycles. The SMILES string of the molecule is CCCCCCC(C)(C)c1cc(OCc2ccccc2)c2c(c1)N1CCCC1CC2CC#N. The summed E-state index contributed by atoms with van der Waals surface area (Å²) in [5.74, 6) is 1.26. The lowest BCUT2D eigenvalue weighted by atomic mass is 9.76. The summed E-state index contributed by atoms with van der Waals surface area (Å²) in [5, 5.41) is 9.60. The number of benzene rings is 2. The number of nitriles is 1. The lowest BCUT2D eigenvalue weighted by Gasteiger charge is -2.40. The molecule has 3 heteroatoms. The molecular weight excluding hydrogens is 404 g/mol. The third-order valence-electron chi connectivity index (χ3n) is 7.78. The van der Waals surface area contributed by atoms with Crippen molar-refractivity contribution < 1.29 is 4.74 Å². The van der Waals surface area contributed by atoms with Crippen LogP contribution >= 0.6 is 0 Å². The van der Waals surface area contributed by atoms with Crippen molar-refractivity contribution in [1.29, 1.82) is 5.26 Å². The molecule has 2 unspecified atom stereocenters. The van der Waals surface area contributed by atoms with Crippen molar-refractivity contribution in [3.63, 3.8) is 0 Å². The van der Waals surface area contributed by atoms with Crippen molar-refractivity contribution in [2.24, 2.45) is 0 Å². The van der Waals surface area contributed by atoms with Crippen LogP contribution in [0, 0.1) is 11.3 Å². The summed E-state index contributed by atoms with van der Waals surface area (Å²) in [5.41, 5.74) is 5.28. The highest BCUT2D eigenvalue weighted by molar-refractivity contribution is 5.67. The zero-order valence-electron chi connectivity index (χ0n) is 20.8. The van der Waals surface area contributed by atoms with Gasteiger partial charge in [0, 0.05) is 36.2 Å². The van der Waals surface area contributed by atoms with Crippen molar-refractivity contribution in [3.8, 4) is 11.8 Å². The van der Waals surface area contributed by atoms with Crippen LogP contribution in [0.5, 0.6) is 5.75 Å². The maximum Gasteiger partial charge on any atom is 0.125 e. The molecule has 0 N–H and O–H groups in total. The highest BCUT2D eigenvalue weighted by Crippen LogP contribution is 2.50. The maximum absolute atomic E-state index is 9.60. The minimum Gasteiger partial charge on any atom is -0.489 e. The molecule has 0 aromatic heterocycles. The fourth-order valence-corrected chi connectivity index (χ4v) is 5.78. The standard InChI is InChI=1S/C30H40N2O/c1-4-5-6-10-16-30(2,3)25-20-27-29(24(15-17-31)19-26-14-11-18-32(26)27)28(21-25)33-22-23-12-8-7-9-13-23/h7-9,12-13,20-21,24,26H,4-6,10-11,14-16,18-19,22H2,1-3H3. The van der Waals surface area contributed by atoms with Crippen LogP contribution in [0.15, 0.2) is 42.5 Å². The van der Waals surface area contributed by atoms with Crippen molar-refractivity contribution in [2.75, 3.05) is 11.4 Å². The summed E-state index contributed by atoms with van der Waals surface area (Å²) in [6.07, 6.45) is 10.5. The van der Waals surface area contributed by atoms with Crippen molar-refractivity contribution >= 4 is 5.69 Å². The van der Waals surface area contributed by atoms with Crippen molar-refractivity contribution in [1.82, 2.24) is 0 Å². The lowest BCUT2D eigenvalue weighted by Crippen LogP contribution is -2.36. The van der Waals surface area contributed by atoms with Crippen LogP contribution in [0.4, 0.5) is 5.69 Å². The normalized spacial score (nSPS) is 19.6. The molecule has 2 heterocycles. The van der Waals surface area contributed by atoms with Crippen molar-refractivity contribution in [3.05, 3.63) is 59.2 Å². The predicted molar refractivity (Wildman–Crippen MR) is 137 cm³/mol. The van der Waals surface area contributed by atoms with Gasteiger partial charge in [-0.1, -0.05) is 76.8 Å². The van der Waals surface area contributed by atoms with E-state index in [0.29, 0.717) is 19.1 Å². The summed E-state index contributed by atoms with van der Waals surface area (Å²) >= 11 is 0. The van der Waals surface area contributed by atoms with Gasteiger partial charge in [-0.05, 0) is 54.4 Å². The van der Waals surface area contributed by atoms with Crippen LogP contribution in [-0.4, -0.2) is 12.6 Å². The van der Waals surface area contributed by atoms with E-state index < -0.39 is 0 Å². The lowest BCUT2D eigenvalue weighted by molar-refractivity contribution is 0.297. The average molecular weight is 445 g/mol. The number of unbranched alkanes of at least 4 members (excludes halogenated alkanes) is 3. The van der Waals surface area contributed by atoms with Gasteiger partial charge in [0.15, 0.2) is 0 Å². The molecule has 2 aromatic carbocycles. The van der Waals surface area contributed by atoms with Gasteiger partial charge in [0.2, 0.25) is 0 Å². The van der Waals surface area contributed by atoms with E-state index in [1.165, 1.54) is 67.3 Å². The Morgan fingerprint density at radius 2 is 1.94 bits per heavy atom. The van der Waals surface area contributed by atoms with Crippen molar-refractivity contribution in [2.45, 2.75) is 103 Å². The van der Waals surface area contributed by atoms with E-state index in [2.05, 4.69) is 68.1 Å². The fraction of sp³-hybridized carbons (Fsp3) is 0.567. The highest BCUT2D eigenvalue weighted by atomic mass is 16.5. The summed E-state index contributed by atoms with van der Waals surface area (Å²) in [4.78, 5) is 2.62. The van der Waals surface area contributed by atoms with Crippen LogP contribution in [0.3, 0.4) is 0 Å². The minimum atomic E-state index is 0.102. The molecule has 3 nitrogen and oxygen atoms in total. The Hall–Kier alpha value is -2.47. The Bertz CT molecular complexity index is 959. The summed E-state index contributed by atoms with van der Waals surface area (Å²) < 4.78 is 6.56. The molecular formula is C30H40N2O. The molecule has 0 saturated carbocycles. The van der Waals surface area contributed by atoms with Gasteiger partial charge in [0.25, 0.3) is 0 Å². The van der Waals surface area contributed by atoms with Gasteiger partial charge >= 0.3 is 0 Å². The van der Waals surface area contributed by atoms with Gasteiger partial charge in [-0.25, -0.2) is 0 Å². The first-order chi connectivity index (χ1) is 16.0. The Morgan fingerprint density at radius 3 is 2.70 bits per heavy atom. The third kappa shape index (κ3) is 5.37. The summed E-state index contributed by atoms with van der Waals surface area (Å²) in [7, 11) is 0. The third-order valence-corrected chi connectivity index (χ3v) is 7.78. The number of hydrogen-bond donors (Lipinski definition) is 0. The number of rotatable bonds is 10. The van der Waals surface area contributed by atoms with Gasteiger partial charge in [-0.3, -0.25) is 0 Å².